The highest BCUT2D eigenvalue weighted by Crippen LogP contribution is 2.32. The second kappa shape index (κ2) is 11.5. The lowest BCUT2D eigenvalue weighted by Crippen LogP contribution is -2.29. The van der Waals surface area contributed by atoms with Crippen LogP contribution in [0.2, 0.25) is 0 Å². The standard InChI is InChI=1S/C28H25F5N6O2/c1-16(40)35-23(13-17-11-18(29)14-19(30)12-17)24-21(7-6-20(36-24)8-9-27(2,3)41)22-5-4-10-39-25(22)37-38-26(39)34-15-28(31,32)33/h4-7,10-12,14,23,41H,13,15H2,1-3H3,(H,34,38)(H,35,40)/t23-/m0/s1. The zero-order valence-electron chi connectivity index (χ0n) is 22.1. The van der Waals surface area contributed by atoms with Crippen LogP contribution in [0.5, 0.6) is 0 Å². The molecule has 3 heterocycles. The van der Waals surface area contributed by atoms with E-state index in [2.05, 4.69) is 37.7 Å². The average molecular weight is 573 g/mol. The molecule has 0 spiro atoms. The van der Waals surface area contributed by atoms with Crippen molar-refractivity contribution in [3.8, 4) is 23.0 Å². The maximum absolute atomic E-state index is 14.0. The van der Waals surface area contributed by atoms with Crippen molar-refractivity contribution in [2.45, 2.75) is 45.0 Å². The number of aliphatic hydroxyl groups is 1. The Morgan fingerprint density at radius 3 is 2.41 bits per heavy atom. The SMILES string of the molecule is CC(=O)N[C@@H](Cc1cc(F)cc(F)c1)c1nc(C#CC(C)(C)O)ccc1-c1cccn2c(NCC(F)(F)F)nnc12. The molecule has 8 nitrogen and oxygen atoms in total. The Labute approximate surface area is 231 Å². The van der Waals surface area contributed by atoms with Gasteiger partial charge in [0.25, 0.3) is 0 Å². The molecule has 4 aromatic rings. The van der Waals surface area contributed by atoms with Crippen LogP contribution in [-0.4, -0.2) is 48.9 Å². The highest BCUT2D eigenvalue weighted by molar-refractivity contribution is 5.81. The molecule has 0 saturated carbocycles. The summed E-state index contributed by atoms with van der Waals surface area (Å²) in [4.78, 5) is 16.9. The fraction of sp³-hybridized carbons (Fsp3) is 0.286. The van der Waals surface area contributed by atoms with Gasteiger partial charge < -0.3 is 15.7 Å². The third-order valence-corrected chi connectivity index (χ3v) is 5.66. The monoisotopic (exact) mass is 572 g/mol. The van der Waals surface area contributed by atoms with E-state index >= 15 is 0 Å². The van der Waals surface area contributed by atoms with Crippen molar-refractivity contribution >= 4 is 17.5 Å². The van der Waals surface area contributed by atoms with Crippen molar-refractivity contribution in [1.29, 1.82) is 0 Å². The van der Waals surface area contributed by atoms with E-state index in [9.17, 15) is 31.9 Å². The van der Waals surface area contributed by atoms with Crippen LogP contribution in [0.3, 0.4) is 0 Å². The van der Waals surface area contributed by atoms with E-state index < -0.39 is 41.9 Å². The number of aromatic nitrogens is 4. The predicted molar refractivity (Wildman–Crippen MR) is 141 cm³/mol. The number of halogens is 5. The molecule has 0 radical (unpaired) electrons. The minimum absolute atomic E-state index is 0.0646. The first-order chi connectivity index (χ1) is 19.2. The molecule has 0 aliphatic carbocycles. The number of rotatable bonds is 7. The topological polar surface area (TPSA) is 104 Å². The number of fused-ring (bicyclic) bond motifs is 1. The first kappa shape index (κ1) is 29.4. The van der Waals surface area contributed by atoms with E-state index in [-0.39, 0.29) is 35.0 Å². The Hall–Kier alpha value is -4.57. The maximum Gasteiger partial charge on any atom is 0.405 e. The number of carbonyl (C=O) groups excluding carboxylic acids is 1. The Balaban J connectivity index is 1.89. The van der Waals surface area contributed by atoms with Gasteiger partial charge in [0.1, 0.15) is 29.5 Å². The lowest BCUT2D eigenvalue weighted by atomic mass is 9.95. The van der Waals surface area contributed by atoms with E-state index in [0.717, 1.165) is 18.2 Å². The summed E-state index contributed by atoms with van der Waals surface area (Å²) in [5, 5.41) is 22.9. The van der Waals surface area contributed by atoms with Crippen molar-refractivity contribution < 1.29 is 31.9 Å². The summed E-state index contributed by atoms with van der Waals surface area (Å²) in [7, 11) is 0. The number of hydrogen-bond acceptors (Lipinski definition) is 6. The van der Waals surface area contributed by atoms with Gasteiger partial charge >= 0.3 is 6.18 Å². The summed E-state index contributed by atoms with van der Waals surface area (Å²) >= 11 is 0. The van der Waals surface area contributed by atoms with Gasteiger partial charge in [-0.1, -0.05) is 5.92 Å². The van der Waals surface area contributed by atoms with E-state index in [4.69, 9.17) is 0 Å². The van der Waals surface area contributed by atoms with Gasteiger partial charge in [-0.25, -0.2) is 13.8 Å². The molecule has 0 bridgehead atoms. The number of alkyl halides is 3. The van der Waals surface area contributed by atoms with Crippen molar-refractivity contribution in [1.82, 2.24) is 24.9 Å². The van der Waals surface area contributed by atoms with Crippen molar-refractivity contribution in [2.75, 3.05) is 11.9 Å². The van der Waals surface area contributed by atoms with Gasteiger partial charge in [0.15, 0.2) is 5.65 Å². The molecule has 41 heavy (non-hydrogen) atoms. The predicted octanol–water partition coefficient (Wildman–Crippen LogP) is 4.59. The molecule has 0 fully saturated rings. The summed E-state index contributed by atoms with van der Waals surface area (Å²) in [5.41, 5.74) is 0.389. The average Bonchev–Trinajstić information content (AvgIpc) is 3.27. The highest BCUT2D eigenvalue weighted by Gasteiger charge is 2.28. The van der Waals surface area contributed by atoms with E-state index in [1.165, 1.54) is 31.4 Å². The number of hydrogen-bond donors (Lipinski definition) is 3. The second-order valence-corrected chi connectivity index (χ2v) is 9.78. The minimum Gasteiger partial charge on any atom is -0.378 e. The Morgan fingerprint density at radius 2 is 1.78 bits per heavy atom. The van der Waals surface area contributed by atoms with E-state index in [0.29, 0.717) is 11.1 Å². The first-order valence-electron chi connectivity index (χ1n) is 12.3. The van der Waals surface area contributed by atoms with Crippen LogP contribution in [0, 0.1) is 23.5 Å². The molecule has 4 rings (SSSR count). The molecule has 3 aromatic heterocycles. The van der Waals surface area contributed by atoms with Gasteiger partial charge in [-0.15, -0.1) is 10.2 Å². The zero-order valence-corrected chi connectivity index (χ0v) is 22.1. The normalized spacial score (nSPS) is 12.5. The molecular weight excluding hydrogens is 547 g/mol. The molecule has 214 valence electrons. The van der Waals surface area contributed by atoms with E-state index in [1.807, 2.05) is 0 Å². The molecular formula is C28H25F5N6O2. The van der Waals surface area contributed by atoms with Gasteiger partial charge in [0.2, 0.25) is 11.9 Å². The van der Waals surface area contributed by atoms with Gasteiger partial charge in [-0.2, -0.15) is 13.2 Å². The van der Waals surface area contributed by atoms with Crippen LogP contribution in [0.4, 0.5) is 27.9 Å². The third kappa shape index (κ3) is 7.76. The Kier molecular flexibility index (Phi) is 8.25. The van der Waals surface area contributed by atoms with Crippen molar-refractivity contribution in [3.05, 3.63) is 77.2 Å². The number of nitrogens with one attached hydrogen (secondary N) is 2. The summed E-state index contributed by atoms with van der Waals surface area (Å²) in [6.07, 6.45) is -3.07. The van der Waals surface area contributed by atoms with Gasteiger partial charge in [-0.3, -0.25) is 9.20 Å². The fourth-order valence-electron chi connectivity index (χ4n) is 4.11. The number of amides is 1. The van der Waals surface area contributed by atoms with Crippen molar-refractivity contribution in [2.24, 2.45) is 0 Å². The quantitative estimate of drug-likeness (QED) is 0.221. The summed E-state index contributed by atoms with van der Waals surface area (Å²) < 4.78 is 67.7. The van der Waals surface area contributed by atoms with Crippen LogP contribution in [-0.2, 0) is 11.2 Å². The molecule has 0 aliphatic rings. The molecule has 0 saturated heterocycles. The Bertz CT molecular complexity index is 1630. The Morgan fingerprint density at radius 1 is 1.07 bits per heavy atom. The van der Waals surface area contributed by atoms with Crippen LogP contribution in [0.25, 0.3) is 16.8 Å². The van der Waals surface area contributed by atoms with Crippen LogP contribution in [0.1, 0.15) is 43.8 Å². The molecule has 1 amide bonds. The molecule has 3 N–H and O–H groups in total. The second-order valence-electron chi connectivity index (χ2n) is 9.78. The lowest BCUT2D eigenvalue weighted by Gasteiger charge is -2.21. The number of nitrogens with zero attached hydrogens (tertiary/aromatic N) is 4. The van der Waals surface area contributed by atoms with Gasteiger partial charge in [0, 0.05) is 30.3 Å². The number of anilines is 1. The largest absolute Gasteiger partial charge is 0.405 e. The minimum atomic E-state index is -4.48. The summed E-state index contributed by atoms with van der Waals surface area (Å²) in [6, 6.07) is 8.49. The maximum atomic E-state index is 14.0. The lowest BCUT2D eigenvalue weighted by molar-refractivity contribution is -0.119. The smallest absolute Gasteiger partial charge is 0.378 e. The van der Waals surface area contributed by atoms with Crippen LogP contribution < -0.4 is 10.6 Å². The molecule has 0 unspecified atom stereocenters. The number of carbonyl (C=O) groups is 1. The first-order valence-corrected chi connectivity index (χ1v) is 12.3. The fourth-order valence-corrected chi connectivity index (χ4v) is 4.11. The molecule has 1 atom stereocenters. The molecule has 0 aliphatic heterocycles. The zero-order chi connectivity index (χ0) is 29.9. The van der Waals surface area contributed by atoms with Gasteiger partial charge in [-0.05, 0) is 68.2 Å². The molecule has 13 heteroatoms. The third-order valence-electron chi connectivity index (χ3n) is 5.66. The number of pyridine rings is 2. The van der Waals surface area contributed by atoms with E-state index in [1.54, 1.807) is 24.3 Å². The molecule has 1 aromatic carbocycles. The van der Waals surface area contributed by atoms with Gasteiger partial charge in [0.05, 0.1) is 11.7 Å². The summed E-state index contributed by atoms with van der Waals surface area (Å²) in [6.45, 7) is 2.93. The van der Waals surface area contributed by atoms with Crippen LogP contribution in [0.15, 0.2) is 48.7 Å². The highest BCUT2D eigenvalue weighted by atomic mass is 19.4. The van der Waals surface area contributed by atoms with Crippen LogP contribution >= 0.6 is 0 Å². The number of benzene rings is 1. The summed E-state index contributed by atoms with van der Waals surface area (Å²) in [5.74, 6) is 3.24. The van der Waals surface area contributed by atoms with Crippen molar-refractivity contribution in [3.63, 3.8) is 0 Å².